The summed E-state index contributed by atoms with van der Waals surface area (Å²) >= 11 is 0. The summed E-state index contributed by atoms with van der Waals surface area (Å²) in [6.07, 6.45) is 7.09. The van der Waals surface area contributed by atoms with Gasteiger partial charge in [-0.3, -0.25) is 10.1 Å². The highest BCUT2D eigenvalue weighted by Gasteiger charge is 2.16. The van der Waals surface area contributed by atoms with Crippen LogP contribution in [0, 0.1) is 10.1 Å². The van der Waals surface area contributed by atoms with E-state index in [2.05, 4.69) is 11.9 Å². The second kappa shape index (κ2) is 9.05. The molecule has 0 fully saturated rings. The van der Waals surface area contributed by atoms with Crippen molar-refractivity contribution in [3.8, 4) is 11.6 Å². The third-order valence-electron chi connectivity index (χ3n) is 3.90. The summed E-state index contributed by atoms with van der Waals surface area (Å²) in [7, 11) is 1.48. The van der Waals surface area contributed by atoms with E-state index >= 15 is 0 Å². The lowest BCUT2D eigenvalue weighted by atomic mass is 10.1. The molecule has 1 heterocycles. The van der Waals surface area contributed by atoms with Gasteiger partial charge in [0.1, 0.15) is 5.75 Å². The molecule has 6 nitrogen and oxygen atoms in total. The summed E-state index contributed by atoms with van der Waals surface area (Å²) in [6.45, 7) is 2.78. The van der Waals surface area contributed by atoms with Crippen molar-refractivity contribution in [2.45, 2.75) is 45.4 Å². The Morgan fingerprint density at radius 3 is 2.58 bits per heavy atom. The van der Waals surface area contributed by atoms with E-state index in [1.54, 1.807) is 18.2 Å². The summed E-state index contributed by atoms with van der Waals surface area (Å²) in [4.78, 5) is 15.1. The summed E-state index contributed by atoms with van der Waals surface area (Å²) in [6, 6.07) is 6.62. The molecule has 0 amide bonds. The van der Waals surface area contributed by atoms with Crippen molar-refractivity contribution in [2.24, 2.45) is 0 Å². The van der Waals surface area contributed by atoms with Crippen molar-refractivity contribution in [3.63, 3.8) is 0 Å². The van der Waals surface area contributed by atoms with Crippen molar-refractivity contribution in [3.05, 3.63) is 34.4 Å². The molecule has 6 heteroatoms. The molecule has 0 saturated carbocycles. The zero-order valence-electron chi connectivity index (χ0n) is 14.3. The monoisotopic (exact) mass is 332 g/mol. The van der Waals surface area contributed by atoms with Gasteiger partial charge in [0.25, 0.3) is 5.69 Å². The van der Waals surface area contributed by atoms with E-state index in [4.69, 9.17) is 9.47 Å². The fourth-order valence-electron chi connectivity index (χ4n) is 2.57. The van der Waals surface area contributed by atoms with Crippen molar-refractivity contribution in [1.29, 1.82) is 0 Å². The van der Waals surface area contributed by atoms with Crippen LogP contribution in [0.4, 0.5) is 5.69 Å². The van der Waals surface area contributed by atoms with E-state index in [1.807, 2.05) is 0 Å². The topological polar surface area (TPSA) is 74.5 Å². The highest BCUT2D eigenvalue weighted by molar-refractivity contribution is 5.89. The predicted molar refractivity (Wildman–Crippen MR) is 93.8 cm³/mol. The van der Waals surface area contributed by atoms with Gasteiger partial charge in [-0.2, -0.15) is 0 Å². The number of hydrogen-bond donors (Lipinski definition) is 0. The van der Waals surface area contributed by atoms with Crippen LogP contribution >= 0.6 is 0 Å². The van der Waals surface area contributed by atoms with Crippen LogP contribution in [0.5, 0.6) is 11.6 Å². The van der Waals surface area contributed by atoms with Crippen molar-refractivity contribution < 1.29 is 14.4 Å². The number of nitro groups is 1. The number of aromatic nitrogens is 1. The molecular weight excluding hydrogens is 308 g/mol. The van der Waals surface area contributed by atoms with Gasteiger partial charge in [0, 0.05) is 11.5 Å². The lowest BCUT2D eigenvalue weighted by Gasteiger charge is -2.08. The molecule has 1 aromatic heterocycles. The molecular formula is C18H24N2O4. The van der Waals surface area contributed by atoms with Gasteiger partial charge >= 0.3 is 0 Å². The number of fused-ring (bicyclic) bond motifs is 1. The van der Waals surface area contributed by atoms with Crippen molar-refractivity contribution in [2.75, 3.05) is 13.7 Å². The maximum Gasteiger partial charge on any atom is 0.299 e. The maximum absolute atomic E-state index is 11.2. The van der Waals surface area contributed by atoms with Gasteiger partial charge in [-0.05, 0) is 18.6 Å². The van der Waals surface area contributed by atoms with Crippen LogP contribution in [0.1, 0.15) is 45.4 Å². The van der Waals surface area contributed by atoms with Gasteiger partial charge in [-0.15, -0.1) is 0 Å². The summed E-state index contributed by atoms with van der Waals surface area (Å²) in [5.74, 6) is 0.862. The summed E-state index contributed by atoms with van der Waals surface area (Å²) in [5, 5.41) is 11.9. The fraction of sp³-hybridized carbons (Fsp3) is 0.500. The molecule has 24 heavy (non-hydrogen) atoms. The predicted octanol–water partition coefficient (Wildman–Crippen LogP) is 4.89. The van der Waals surface area contributed by atoms with Crippen LogP contribution in [0.25, 0.3) is 10.9 Å². The Bertz CT molecular complexity index is 688. The first kappa shape index (κ1) is 18.0. The highest BCUT2D eigenvalue weighted by atomic mass is 16.6. The fourth-order valence-corrected chi connectivity index (χ4v) is 2.57. The average Bonchev–Trinajstić information content (AvgIpc) is 2.59. The van der Waals surface area contributed by atoms with Crippen LogP contribution < -0.4 is 9.47 Å². The zero-order valence-corrected chi connectivity index (χ0v) is 14.3. The largest absolute Gasteiger partial charge is 0.496 e. The minimum Gasteiger partial charge on any atom is -0.496 e. The van der Waals surface area contributed by atoms with Gasteiger partial charge in [-0.25, -0.2) is 4.98 Å². The Morgan fingerprint density at radius 1 is 1.12 bits per heavy atom. The second-order valence-corrected chi connectivity index (χ2v) is 5.74. The lowest BCUT2D eigenvalue weighted by molar-refractivity contribution is -0.383. The highest BCUT2D eigenvalue weighted by Crippen LogP contribution is 2.31. The minimum atomic E-state index is -0.449. The lowest BCUT2D eigenvalue weighted by Crippen LogP contribution is -2.00. The molecule has 0 saturated heterocycles. The van der Waals surface area contributed by atoms with Crippen LogP contribution in [-0.2, 0) is 0 Å². The maximum atomic E-state index is 11.2. The van der Waals surface area contributed by atoms with Crippen molar-refractivity contribution in [1.82, 2.24) is 4.98 Å². The molecule has 0 aliphatic heterocycles. The SMILES string of the molecule is CCCCCCCCOc1ccc2cc(OC)cc([N+](=O)[O-])c2n1. The third-order valence-corrected chi connectivity index (χ3v) is 3.90. The number of benzene rings is 1. The third kappa shape index (κ3) is 4.81. The quantitative estimate of drug-likeness (QED) is 0.352. The number of ether oxygens (including phenoxy) is 2. The van der Waals surface area contributed by atoms with E-state index in [0.717, 1.165) is 12.8 Å². The van der Waals surface area contributed by atoms with E-state index < -0.39 is 4.92 Å². The average molecular weight is 332 g/mol. The number of pyridine rings is 1. The summed E-state index contributed by atoms with van der Waals surface area (Å²) in [5.41, 5.74) is 0.246. The zero-order chi connectivity index (χ0) is 17.4. The van der Waals surface area contributed by atoms with Gasteiger partial charge < -0.3 is 9.47 Å². The van der Waals surface area contributed by atoms with Crippen LogP contribution in [0.15, 0.2) is 24.3 Å². The van der Waals surface area contributed by atoms with Gasteiger partial charge in [-0.1, -0.05) is 39.0 Å². The van der Waals surface area contributed by atoms with E-state index in [-0.39, 0.29) is 5.69 Å². The Kier molecular flexibility index (Phi) is 6.78. The normalized spacial score (nSPS) is 10.8. The molecule has 0 atom stereocenters. The van der Waals surface area contributed by atoms with Crippen LogP contribution in [0.3, 0.4) is 0 Å². The number of unbranched alkanes of at least 4 members (excludes halogenated alkanes) is 5. The standard InChI is InChI=1S/C18H24N2O4/c1-3-4-5-6-7-8-11-24-17-10-9-14-12-15(23-2)13-16(20(21)22)18(14)19-17/h9-10,12-13H,3-8,11H2,1-2H3. The van der Waals surface area contributed by atoms with Crippen molar-refractivity contribution >= 4 is 16.6 Å². The number of nitrogens with zero attached hydrogens (tertiary/aromatic N) is 2. The van der Waals surface area contributed by atoms with Gasteiger partial charge in [0.05, 0.1) is 24.7 Å². The smallest absolute Gasteiger partial charge is 0.299 e. The molecule has 2 aromatic rings. The first-order valence-corrected chi connectivity index (χ1v) is 8.41. The first-order chi connectivity index (χ1) is 11.7. The number of nitro benzene ring substituents is 1. The molecule has 130 valence electrons. The molecule has 0 bridgehead atoms. The molecule has 1 aromatic carbocycles. The Balaban J connectivity index is 2.02. The Morgan fingerprint density at radius 2 is 1.88 bits per heavy atom. The number of methoxy groups -OCH3 is 1. The number of rotatable bonds is 10. The molecule has 0 N–H and O–H groups in total. The van der Waals surface area contributed by atoms with E-state index in [1.165, 1.54) is 38.9 Å². The van der Waals surface area contributed by atoms with E-state index in [9.17, 15) is 10.1 Å². The number of non-ortho nitro benzene ring substituents is 1. The Hall–Kier alpha value is -2.37. The molecule has 0 aliphatic carbocycles. The van der Waals surface area contributed by atoms with Gasteiger partial charge in [0.15, 0.2) is 5.52 Å². The van der Waals surface area contributed by atoms with Crippen LogP contribution in [0.2, 0.25) is 0 Å². The molecule has 0 spiro atoms. The molecule has 2 rings (SSSR count). The minimum absolute atomic E-state index is 0.0747. The van der Waals surface area contributed by atoms with E-state index in [0.29, 0.717) is 29.1 Å². The Labute approximate surface area is 141 Å². The second-order valence-electron chi connectivity index (χ2n) is 5.74. The molecule has 0 unspecified atom stereocenters. The first-order valence-electron chi connectivity index (χ1n) is 8.41. The number of hydrogen-bond acceptors (Lipinski definition) is 5. The molecule has 0 aliphatic rings. The molecule has 0 radical (unpaired) electrons. The van der Waals surface area contributed by atoms with Gasteiger partial charge in [0.2, 0.25) is 5.88 Å². The van der Waals surface area contributed by atoms with Crippen LogP contribution in [-0.4, -0.2) is 23.6 Å². The summed E-state index contributed by atoms with van der Waals surface area (Å²) < 4.78 is 10.7.